The first-order valence-corrected chi connectivity index (χ1v) is 4.22. The summed E-state index contributed by atoms with van der Waals surface area (Å²) >= 11 is 0. The zero-order valence-corrected chi connectivity index (χ0v) is 7.85. The van der Waals surface area contributed by atoms with Gasteiger partial charge in [0.1, 0.15) is 0 Å². The summed E-state index contributed by atoms with van der Waals surface area (Å²) in [5.41, 5.74) is 0.206. The Hall–Kier alpha value is -2.17. The summed E-state index contributed by atoms with van der Waals surface area (Å²) in [5.74, 6) is -2.66. The number of nitrogens with zero attached hydrogens (tertiary/aromatic N) is 1. The maximum atomic E-state index is 11.5. The lowest BCUT2D eigenvalue weighted by Crippen LogP contribution is -2.24. The van der Waals surface area contributed by atoms with Gasteiger partial charge in [0, 0.05) is 7.05 Å². The SMILES string of the molecule is CN1C(=O)C(=O)c2c(C(=O)O)cccc21. The number of ketones is 1. The van der Waals surface area contributed by atoms with Crippen molar-refractivity contribution < 1.29 is 19.5 Å². The molecule has 5 nitrogen and oxygen atoms in total. The van der Waals surface area contributed by atoms with E-state index in [0.29, 0.717) is 5.69 Å². The number of carbonyl (C=O) groups excluding carboxylic acids is 2. The molecule has 1 N–H and O–H groups in total. The van der Waals surface area contributed by atoms with E-state index in [2.05, 4.69) is 0 Å². The first-order valence-electron chi connectivity index (χ1n) is 4.22. The van der Waals surface area contributed by atoms with E-state index in [1.165, 1.54) is 19.2 Å². The lowest BCUT2D eigenvalue weighted by atomic mass is 10.0. The molecule has 0 atom stereocenters. The molecular weight excluding hydrogens is 198 g/mol. The zero-order chi connectivity index (χ0) is 11.2. The van der Waals surface area contributed by atoms with E-state index in [1.807, 2.05) is 0 Å². The predicted octanol–water partition coefficient (Wildman–Crippen LogP) is 0.544. The van der Waals surface area contributed by atoms with E-state index in [0.717, 1.165) is 4.90 Å². The van der Waals surface area contributed by atoms with Crippen LogP contribution in [0.3, 0.4) is 0 Å². The van der Waals surface area contributed by atoms with E-state index in [-0.39, 0.29) is 11.1 Å². The van der Waals surface area contributed by atoms with Crippen molar-refractivity contribution >= 4 is 23.3 Å². The van der Waals surface area contributed by atoms with Gasteiger partial charge in [0.05, 0.1) is 16.8 Å². The Morgan fingerprint density at radius 1 is 1.33 bits per heavy atom. The molecule has 0 saturated heterocycles. The van der Waals surface area contributed by atoms with Crippen LogP contribution in [0.4, 0.5) is 5.69 Å². The molecule has 0 radical (unpaired) electrons. The number of hydrogen-bond donors (Lipinski definition) is 1. The number of likely N-dealkylation sites (N-methyl/N-ethyl adjacent to an activating group) is 1. The van der Waals surface area contributed by atoms with Gasteiger partial charge < -0.3 is 10.0 Å². The molecule has 5 heteroatoms. The highest BCUT2D eigenvalue weighted by Crippen LogP contribution is 2.30. The number of anilines is 1. The van der Waals surface area contributed by atoms with Crippen LogP contribution in [0, 0.1) is 0 Å². The lowest BCUT2D eigenvalue weighted by molar-refractivity contribution is -0.114. The summed E-state index contributed by atoms with van der Waals surface area (Å²) in [4.78, 5) is 34.8. The summed E-state index contributed by atoms with van der Waals surface area (Å²) in [6.07, 6.45) is 0. The second-order valence-corrected chi connectivity index (χ2v) is 3.20. The minimum atomic E-state index is -1.21. The fourth-order valence-corrected chi connectivity index (χ4v) is 1.61. The lowest BCUT2D eigenvalue weighted by Gasteiger charge is -2.08. The molecule has 0 aromatic heterocycles. The van der Waals surface area contributed by atoms with E-state index in [9.17, 15) is 14.4 Å². The van der Waals surface area contributed by atoms with Gasteiger partial charge in [-0.2, -0.15) is 0 Å². The average Bonchev–Trinajstić information content (AvgIpc) is 2.44. The molecule has 0 fully saturated rings. The van der Waals surface area contributed by atoms with Crippen molar-refractivity contribution in [2.24, 2.45) is 0 Å². The quantitative estimate of drug-likeness (QED) is 0.679. The zero-order valence-electron chi connectivity index (χ0n) is 7.85. The number of hydrogen-bond acceptors (Lipinski definition) is 3. The van der Waals surface area contributed by atoms with Gasteiger partial charge in [-0.25, -0.2) is 4.79 Å². The monoisotopic (exact) mass is 205 g/mol. The van der Waals surface area contributed by atoms with Crippen LogP contribution in [0.5, 0.6) is 0 Å². The first kappa shape index (κ1) is 9.39. The van der Waals surface area contributed by atoms with Crippen molar-refractivity contribution in [3.05, 3.63) is 29.3 Å². The molecule has 1 heterocycles. The molecular formula is C10H7NO4. The van der Waals surface area contributed by atoms with Crippen molar-refractivity contribution in [2.45, 2.75) is 0 Å². The molecule has 1 amide bonds. The Morgan fingerprint density at radius 3 is 2.60 bits per heavy atom. The van der Waals surface area contributed by atoms with Gasteiger partial charge >= 0.3 is 5.97 Å². The van der Waals surface area contributed by atoms with Crippen LogP contribution in [0.2, 0.25) is 0 Å². The minimum Gasteiger partial charge on any atom is -0.478 e. The number of benzene rings is 1. The number of Topliss-reactive ketones (excluding diaryl/α,β-unsaturated/α-hetero) is 1. The predicted molar refractivity (Wildman–Crippen MR) is 51.1 cm³/mol. The number of rotatable bonds is 1. The molecule has 1 aliphatic rings. The Bertz CT molecular complexity index is 492. The van der Waals surface area contributed by atoms with Gasteiger partial charge in [0.2, 0.25) is 0 Å². The molecule has 76 valence electrons. The van der Waals surface area contributed by atoms with Crippen LogP contribution in [0.15, 0.2) is 18.2 Å². The van der Waals surface area contributed by atoms with Crippen LogP contribution in [0.1, 0.15) is 20.7 Å². The topological polar surface area (TPSA) is 74.7 Å². The second-order valence-electron chi connectivity index (χ2n) is 3.20. The van der Waals surface area contributed by atoms with Gasteiger partial charge in [-0.3, -0.25) is 9.59 Å². The smallest absolute Gasteiger partial charge is 0.336 e. The molecule has 0 bridgehead atoms. The first-order chi connectivity index (χ1) is 7.04. The van der Waals surface area contributed by atoms with Crippen molar-refractivity contribution in [3.8, 4) is 0 Å². The Morgan fingerprint density at radius 2 is 2.00 bits per heavy atom. The maximum Gasteiger partial charge on any atom is 0.336 e. The van der Waals surface area contributed by atoms with Gasteiger partial charge in [0.15, 0.2) is 0 Å². The number of carboxylic acids is 1. The van der Waals surface area contributed by atoms with Crippen molar-refractivity contribution in [2.75, 3.05) is 11.9 Å². The maximum absolute atomic E-state index is 11.5. The molecule has 0 spiro atoms. The van der Waals surface area contributed by atoms with Crippen LogP contribution >= 0.6 is 0 Å². The summed E-state index contributed by atoms with van der Waals surface area (Å²) < 4.78 is 0. The minimum absolute atomic E-state index is 0.0162. The highest BCUT2D eigenvalue weighted by Gasteiger charge is 2.36. The molecule has 0 saturated carbocycles. The fraction of sp³-hybridized carbons (Fsp3) is 0.100. The summed E-state index contributed by atoms with van der Waals surface area (Å²) in [6, 6.07) is 4.36. The Balaban J connectivity index is 2.74. The molecule has 15 heavy (non-hydrogen) atoms. The summed E-state index contributed by atoms with van der Waals surface area (Å²) in [7, 11) is 1.44. The molecule has 0 unspecified atom stereocenters. The third-order valence-corrected chi connectivity index (χ3v) is 2.36. The molecule has 1 aromatic rings. The third kappa shape index (κ3) is 1.13. The normalized spacial score (nSPS) is 14.3. The Labute approximate surface area is 84.9 Å². The molecule has 1 aliphatic heterocycles. The largest absolute Gasteiger partial charge is 0.478 e. The number of aromatic carboxylic acids is 1. The number of carbonyl (C=O) groups is 3. The number of carboxylic acid groups (broad SMARTS) is 1. The second kappa shape index (κ2) is 2.91. The van der Waals surface area contributed by atoms with Crippen LogP contribution < -0.4 is 4.90 Å². The van der Waals surface area contributed by atoms with Gasteiger partial charge in [0.25, 0.3) is 11.7 Å². The summed E-state index contributed by atoms with van der Waals surface area (Å²) in [6.45, 7) is 0. The number of amides is 1. The van der Waals surface area contributed by atoms with Gasteiger partial charge in [-0.1, -0.05) is 6.07 Å². The molecule has 2 rings (SSSR count). The van der Waals surface area contributed by atoms with E-state index in [1.54, 1.807) is 6.07 Å². The van der Waals surface area contributed by atoms with Gasteiger partial charge in [-0.15, -0.1) is 0 Å². The Kier molecular flexibility index (Phi) is 1.82. The van der Waals surface area contributed by atoms with E-state index < -0.39 is 17.7 Å². The average molecular weight is 205 g/mol. The highest BCUT2D eigenvalue weighted by molar-refractivity contribution is 6.53. The van der Waals surface area contributed by atoms with Crippen LogP contribution in [0.25, 0.3) is 0 Å². The van der Waals surface area contributed by atoms with E-state index in [4.69, 9.17) is 5.11 Å². The number of fused-ring (bicyclic) bond motifs is 1. The van der Waals surface area contributed by atoms with Crippen molar-refractivity contribution in [1.29, 1.82) is 0 Å². The fourth-order valence-electron chi connectivity index (χ4n) is 1.61. The van der Waals surface area contributed by atoms with Crippen molar-refractivity contribution in [3.63, 3.8) is 0 Å². The van der Waals surface area contributed by atoms with Gasteiger partial charge in [-0.05, 0) is 12.1 Å². The van der Waals surface area contributed by atoms with E-state index >= 15 is 0 Å². The molecule has 0 aliphatic carbocycles. The summed E-state index contributed by atoms with van der Waals surface area (Å²) in [5, 5.41) is 8.86. The molecule has 1 aromatic carbocycles. The highest BCUT2D eigenvalue weighted by atomic mass is 16.4. The third-order valence-electron chi connectivity index (χ3n) is 2.36. The van der Waals surface area contributed by atoms with Crippen LogP contribution in [-0.2, 0) is 4.79 Å². The van der Waals surface area contributed by atoms with Crippen molar-refractivity contribution in [1.82, 2.24) is 0 Å². The van der Waals surface area contributed by atoms with Crippen LogP contribution in [-0.4, -0.2) is 29.8 Å². The standard InChI is InChI=1S/C10H7NO4/c1-11-6-4-2-3-5(10(14)15)7(6)8(12)9(11)13/h2-4H,1H3,(H,14,15).